The second kappa shape index (κ2) is 6.36. The average molecular weight is 256 g/mol. The minimum Gasteiger partial charge on any atom is -0.377 e. The Bertz CT molecular complexity index is 251. The SMILES string of the molecule is CCCNC(CN1CCC(C)(C)C1)C(C)(C)OC. The quantitative estimate of drug-likeness (QED) is 0.757. The van der Waals surface area contributed by atoms with Crippen molar-refractivity contribution in [3.05, 3.63) is 0 Å². The van der Waals surface area contributed by atoms with Crippen LogP contribution in [0.15, 0.2) is 0 Å². The number of hydrogen-bond donors (Lipinski definition) is 1. The number of nitrogens with one attached hydrogen (secondary N) is 1. The monoisotopic (exact) mass is 256 g/mol. The van der Waals surface area contributed by atoms with Gasteiger partial charge in [0.1, 0.15) is 0 Å². The predicted molar refractivity (Wildman–Crippen MR) is 78.0 cm³/mol. The predicted octanol–water partition coefficient (Wildman–Crippen LogP) is 2.51. The van der Waals surface area contributed by atoms with Crippen LogP contribution in [0.1, 0.15) is 47.5 Å². The first-order chi connectivity index (χ1) is 8.30. The molecule has 0 amide bonds. The van der Waals surface area contributed by atoms with E-state index in [1.165, 1.54) is 25.9 Å². The fourth-order valence-corrected chi connectivity index (χ4v) is 2.63. The Kier molecular flexibility index (Phi) is 5.63. The van der Waals surface area contributed by atoms with Crippen LogP contribution in [0.25, 0.3) is 0 Å². The molecule has 1 aliphatic rings. The normalized spacial score (nSPS) is 22.3. The van der Waals surface area contributed by atoms with Gasteiger partial charge in [0.25, 0.3) is 0 Å². The molecule has 0 radical (unpaired) electrons. The van der Waals surface area contributed by atoms with Gasteiger partial charge in [-0.1, -0.05) is 20.8 Å². The minimum absolute atomic E-state index is 0.109. The first-order valence-electron chi connectivity index (χ1n) is 7.31. The summed E-state index contributed by atoms with van der Waals surface area (Å²) in [4.78, 5) is 2.58. The van der Waals surface area contributed by atoms with E-state index >= 15 is 0 Å². The van der Waals surface area contributed by atoms with Gasteiger partial charge in [-0.2, -0.15) is 0 Å². The molecule has 1 aliphatic heterocycles. The van der Waals surface area contributed by atoms with Crippen molar-refractivity contribution in [1.29, 1.82) is 0 Å². The lowest BCUT2D eigenvalue weighted by atomic mass is 9.93. The number of hydrogen-bond acceptors (Lipinski definition) is 3. The fourth-order valence-electron chi connectivity index (χ4n) is 2.63. The van der Waals surface area contributed by atoms with Crippen molar-refractivity contribution >= 4 is 0 Å². The average Bonchev–Trinajstić information content (AvgIpc) is 2.63. The summed E-state index contributed by atoms with van der Waals surface area (Å²) in [7, 11) is 1.81. The molecule has 1 unspecified atom stereocenters. The van der Waals surface area contributed by atoms with E-state index in [0.717, 1.165) is 13.1 Å². The molecule has 1 fully saturated rings. The largest absolute Gasteiger partial charge is 0.377 e. The minimum atomic E-state index is -0.109. The van der Waals surface area contributed by atoms with Gasteiger partial charge < -0.3 is 15.0 Å². The molecule has 0 spiro atoms. The van der Waals surface area contributed by atoms with Crippen LogP contribution in [0.4, 0.5) is 0 Å². The summed E-state index contributed by atoms with van der Waals surface area (Å²) in [6.45, 7) is 15.9. The van der Waals surface area contributed by atoms with Gasteiger partial charge in [-0.25, -0.2) is 0 Å². The van der Waals surface area contributed by atoms with Crippen molar-refractivity contribution in [3.8, 4) is 0 Å². The summed E-state index contributed by atoms with van der Waals surface area (Å²) < 4.78 is 5.67. The van der Waals surface area contributed by atoms with Crippen LogP contribution >= 0.6 is 0 Å². The van der Waals surface area contributed by atoms with Gasteiger partial charge in [0.15, 0.2) is 0 Å². The maximum absolute atomic E-state index is 5.67. The Morgan fingerprint density at radius 1 is 1.39 bits per heavy atom. The van der Waals surface area contributed by atoms with Crippen LogP contribution in [-0.4, -0.2) is 49.8 Å². The molecular formula is C15H32N2O. The molecule has 3 nitrogen and oxygen atoms in total. The summed E-state index contributed by atoms with van der Waals surface area (Å²) in [5.41, 5.74) is 0.369. The zero-order valence-corrected chi connectivity index (χ0v) is 13.2. The second-order valence-electron chi connectivity index (χ2n) is 6.96. The maximum Gasteiger partial charge on any atom is 0.0787 e. The smallest absolute Gasteiger partial charge is 0.0787 e. The zero-order chi connectivity index (χ0) is 13.8. The molecule has 108 valence electrons. The molecule has 0 aromatic heterocycles. The van der Waals surface area contributed by atoms with E-state index in [1.54, 1.807) is 0 Å². The topological polar surface area (TPSA) is 24.5 Å². The van der Waals surface area contributed by atoms with Crippen LogP contribution in [0.3, 0.4) is 0 Å². The highest BCUT2D eigenvalue weighted by Crippen LogP contribution is 2.29. The highest BCUT2D eigenvalue weighted by molar-refractivity contribution is 4.91. The van der Waals surface area contributed by atoms with E-state index in [-0.39, 0.29) is 5.60 Å². The van der Waals surface area contributed by atoms with Crippen molar-refractivity contribution in [2.24, 2.45) is 5.41 Å². The van der Waals surface area contributed by atoms with Crippen LogP contribution < -0.4 is 5.32 Å². The van der Waals surface area contributed by atoms with E-state index in [9.17, 15) is 0 Å². The Morgan fingerprint density at radius 3 is 2.50 bits per heavy atom. The summed E-state index contributed by atoms with van der Waals surface area (Å²) in [5, 5.41) is 3.65. The molecule has 1 saturated heterocycles. The van der Waals surface area contributed by atoms with Gasteiger partial charge in [-0.15, -0.1) is 0 Å². The van der Waals surface area contributed by atoms with E-state index < -0.39 is 0 Å². The van der Waals surface area contributed by atoms with Crippen molar-refractivity contribution in [3.63, 3.8) is 0 Å². The third kappa shape index (κ3) is 4.52. The standard InChI is InChI=1S/C15H32N2O/c1-7-9-16-13(15(4,5)18-6)11-17-10-8-14(2,3)12-17/h13,16H,7-12H2,1-6H3. The number of rotatable bonds is 7. The second-order valence-corrected chi connectivity index (χ2v) is 6.96. The Labute approximate surface area is 113 Å². The fraction of sp³-hybridized carbons (Fsp3) is 1.00. The molecule has 1 atom stereocenters. The van der Waals surface area contributed by atoms with Gasteiger partial charge in [0.05, 0.1) is 5.60 Å². The van der Waals surface area contributed by atoms with E-state index in [2.05, 4.69) is 44.8 Å². The number of methoxy groups -OCH3 is 1. The van der Waals surface area contributed by atoms with Crippen molar-refractivity contribution in [1.82, 2.24) is 10.2 Å². The van der Waals surface area contributed by atoms with Gasteiger partial charge in [-0.3, -0.25) is 0 Å². The number of ether oxygens (including phenoxy) is 1. The Hall–Kier alpha value is -0.120. The molecule has 1 rings (SSSR count). The molecule has 18 heavy (non-hydrogen) atoms. The molecule has 1 N–H and O–H groups in total. The van der Waals surface area contributed by atoms with Crippen molar-refractivity contribution < 1.29 is 4.74 Å². The highest BCUT2D eigenvalue weighted by Gasteiger charge is 2.35. The lowest BCUT2D eigenvalue weighted by Gasteiger charge is -2.36. The lowest BCUT2D eigenvalue weighted by molar-refractivity contribution is -0.0187. The van der Waals surface area contributed by atoms with Gasteiger partial charge in [-0.05, 0) is 45.2 Å². The lowest BCUT2D eigenvalue weighted by Crippen LogP contribution is -2.54. The summed E-state index contributed by atoms with van der Waals surface area (Å²) in [6.07, 6.45) is 2.47. The maximum atomic E-state index is 5.67. The van der Waals surface area contributed by atoms with Gasteiger partial charge in [0.2, 0.25) is 0 Å². The summed E-state index contributed by atoms with van der Waals surface area (Å²) >= 11 is 0. The van der Waals surface area contributed by atoms with Crippen molar-refractivity contribution in [2.45, 2.75) is 59.1 Å². The van der Waals surface area contributed by atoms with Gasteiger partial charge >= 0.3 is 0 Å². The Balaban J connectivity index is 2.56. The zero-order valence-electron chi connectivity index (χ0n) is 13.2. The van der Waals surface area contributed by atoms with E-state index in [1.807, 2.05) is 7.11 Å². The van der Waals surface area contributed by atoms with Crippen LogP contribution in [0.2, 0.25) is 0 Å². The number of nitrogens with zero attached hydrogens (tertiary/aromatic N) is 1. The van der Waals surface area contributed by atoms with Gasteiger partial charge in [0, 0.05) is 26.2 Å². The third-order valence-electron chi connectivity index (χ3n) is 4.20. The molecule has 3 heteroatoms. The highest BCUT2D eigenvalue weighted by atomic mass is 16.5. The first kappa shape index (κ1) is 15.9. The molecule has 0 bridgehead atoms. The molecule has 0 saturated carbocycles. The Morgan fingerprint density at radius 2 is 2.06 bits per heavy atom. The van der Waals surface area contributed by atoms with Crippen LogP contribution in [0.5, 0.6) is 0 Å². The van der Waals surface area contributed by atoms with Crippen LogP contribution in [0, 0.1) is 5.41 Å². The summed E-state index contributed by atoms with van der Waals surface area (Å²) in [5.74, 6) is 0. The molecule has 0 aromatic rings. The summed E-state index contributed by atoms with van der Waals surface area (Å²) in [6, 6.07) is 0.399. The molecule has 1 heterocycles. The van der Waals surface area contributed by atoms with E-state index in [4.69, 9.17) is 4.74 Å². The van der Waals surface area contributed by atoms with Crippen LogP contribution in [-0.2, 0) is 4.74 Å². The molecule has 0 aliphatic carbocycles. The molecular weight excluding hydrogens is 224 g/mol. The third-order valence-corrected chi connectivity index (χ3v) is 4.20. The first-order valence-corrected chi connectivity index (χ1v) is 7.31. The molecule has 0 aromatic carbocycles. The number of likely N-dealkylation sites (tertiary alicyclic amines) is 1. The van der Waals surface area contributed by atoms with Crippen molar-refractivity contribution in [2.75, 3.05) is 33.3 Å². The van der Waals surface area contributed by atoms with E-state index in [0.29, 0.717) is 11.5 Å².